The van der Waals surface area contributed by atoms with Crippen LogP contribution in [0.25, 0.3) is 0 Å². The molecule has 0 aliphatic heterocycles. The molecule has 0 atom stereocenters. The van der Waals surface area contributed by atoms with E-state index in [0.717, 1.165) is 21.4 Å². The molecule has 0 saturated carbocycles. The Morgan fingerprint density at radius 2 is 1.87 bits per heavy atom. The van der Waals surface area contributed by atoms with Crippen molar-refractivity contribution in [2.24, 2.45) is 0 Å². The Kier molecular flexibility index (Phi) is 4.57. The Balaban J connectivity index is 1.84. The summed E-state index contributed by atoms with van der Waals surface area (Å²) in [7, 11) is 0. The lowest BCUT2D eigenvalue weighted by Crippen LogP contribution is -2.09. The third-order valence-electron chi connectivity index (χ3n) is 3.67. The molecule has 0 unspecified atom stereocenters. The van der Waals surface area contributed by atoms with Gasteiger partial charge >= 0.3 is 5.97 Å². The number of hydrogen-bond donors (Lipinski definition) is 1. The molecule has 5 heteroatoms. The van der Waals surface area contributed by atoms with Crippen molar-refractivity contribution >= 4 is 21.9 Å². The summed E-state index contributed by atoms with van der Waals surface area (Å²) >= 11 is 3.43. The number of carbonyl (C=O) groups is 1. The second-order valence-electron chi connectivity index (χ2n) is 5.24. The second-order valence-corrected chi connectivity index (χ2v) is 6.15. The zero-order valence-corrected chi connectivity index (χ0v) is 13.9. The maximum atomic E-state index is 11.3. The van der Waals surface area contributed by atoms with Crippen LogP contribution in [0.1, 0.15) is 27.3 Å². The van der Waals surface area contributed by atoms with Crippen molar-refractivity contribution < 1.29 is 9.90 Å². The molecule has 0 spiro atoms. The zero-order valence-electron chi connectivity index (χ0n) is 12.3. The number of halogens is 1. The number of aromatic carboxylic acids is 1. The Morgan fingerprint density at radius 1 is 1.13 bits per heavy atom. The van der Waals surface area contributed by atoms with Gasteiger partial charge in [-0.2, -0.15) is 0 Å². The zero-order chi connectivity index (χ0) is 16.2. The van der Waals surface area contributed by atoms with E-state index < -0.39 is 5.97 Å². The smallest absolute Gasteiger partial charge is 0.336 e. The van der Waals surface area contributed by atoms with Crippen LogP contribution in [-0.4, -0.2) is 20.6 Å². The van der Waals surface area contributed by atoms with Crippen molar-refractivity contribution in [2.45, 2.75) is 13.0 Å². The van der Waals surface area contributed by atoms with Gasteiger partial charge in [0.25, 0.3) is 0 Å². The van der Waals surface area contributed by atoms with E-state index >= 15 is 0 Å². The molecule has 2 aromatic carbocycles. The summed E-state index contributed by atoms with van der Waals surface area (Å²) in [6.45, 7) is 0.494. The molecule has 0 saturated heterocycles. The summed E-state index contributed by atoms with van der Waals surface area (Å²) in [5.74, 6) is 0.00249. The van der Waals surface area contributed by atoms with E-state index in [0.29, 0.717) is 18.5 Å². The van der Waals surface area contributed by atoms with Gasteiger partial charge in [-0.3, -0.25) is 0 Å². The molecule has 0 bridgehead atoms. The average molecular weight is 371 g/mol. The summed E-state index contributed by atoms with van der Waals surface area (Å²) in [5.41, 5.74) is 2.26. The summed E-state index contributed by atoms with van der Waals surface area (Å²) in [4.78, 5) is 15.7. The molecule has 23 heavy (non-hydrogen) atoms. The number of rotatable bonds is 5. The predicted octanol–water partition coefficient (Wildman–Crippen LogP) is 3.98. The van der Waals surface area contributed by atoms with E-state index in [9.17, 15) is 9.90 Å². The molecule has 1 N–H and O–H groups in total. The van der Waals surface area contributed by atoms with Crippen molar-refractivity contribution in [3.8, 4) is 0 Å². The molecule has 3 aromatic rings. The summed E-state index contributed by atoms with van der Waals surface area (Å²) < 4.78 is 3.03. The topological polar surface area (TPSA) is 55.1 Å². The molecule has 4 nitrogen and oxygen atoms in total. The van der Waals surface area contributed by atoms with Crippen LogP contribution < -0.4 is 0 Å². The largest absolute Gasteiger partial charge is 0.478 e. The van der Waals surface area contributed by atoms with Crippen LogP contribution in [0.4, 0.5) is 0 Å². The monoisotopic (exact) mass is 370 g/mol. The maximum absolute atomic E-state index is 11.3. The fourth-order valence-electron chi connectivity index (χ4n) is 2.49. The molecule has 116 valence electrons. The van der Waals surface area contributed by atoms with Crippen LogP contribution in [0.2, 0.25) is 0 Å². The number of carboxylic acid groups (broad SMARTS) is 1. The summed E-state index contributed by atoms with van der Waals surface area (Å²) in [6.07, 6.45) is 4.33. The Bertz CT molecular complexity index is 825. The quantitative estimate of drug-likeness (QED) is 0.738. The van der Waals surface area contributed by atoms with Gasteiger partial charge < -0.3 is 9.67 Å². The van der Waals surface area contributed by atoms with E-state index in [1.54, 1.807) is 18.3 Å². The average Bonchev–Trinajstić information content (AvgIpc) is 2.97. The lowest BCUT2D eigenvalue weighted by atomic mass is 10.1. The van der Waals surface area contributed by atoms with Gasteiger partial charge in [0.15, 0.2) is 0 Å². The molecular weight excluding hydrogens is 356 g/mol. The van der Waals surface area contributed by atoms with E-state index in [1.807, 2.05) is 47.2 Å². The first-order chi connectivity index (χ1) is 11.1. The number of nitrogens with zero attached hydrogens (tertiary/aromatic N) is 2. The highest BCUT2D eigenvalue weighted by atomic mass is 79.9. The van der Waals surface area contributed by atoms with E-state index in [1.165, 1.54) is 0 Å². The number of imidazole rings is 1. The number of carboxylic acids is 1. The van der Waals surface area contributed by atoms with Crippen molar-refractivity contribution in [3.63, 3.8) is 0 Å². The highest BCUT2D eigenvalue weighted by Gasteiger charge is 2.11. The van der Waals surface area contributed by atoms with Crippen LogP contribution in [-0.2, 0) is 13.0 Å². The highest BCUT2D eigenvalue weighted by Crippen LogP contribution is 2.16. The summed E-state index contributed by atoms with van der Waals surface area (Å²) in [5, 5.41) is 9.30. The third kappa shape index (κ3) is 3.68. The number of benzene rings is 2. The van der Waals surface area contributed by atoms with E-state index in [-0.39, 0.29) is 0 Å². The van der Waals surface area contributed by atoms with Crippen molar-refractivity contribution in [1.29, 1.82) is 0 Å². The second kappa shape index (κ2) is 6.79. The van der Waals surface area contributed by atoms with Gasteiger partial charge in [-0.05, 0) is 29.3 Å². The van der Waals surface area contributed by atoms with Gasteiger partial charge in [0.05, 0.1) is 5.56 Å². The molecule has 1 heterocycles. The molecule has 1 aromatic heterocycles. The van der Waals surface area contributed by atoms with E-state index in [4.69, 9.17) is 0 Å². The third-order valence-corrected chi connectivity index (χ3v) is 4.19. The Morgan fingerprint density at radius 3 is 2.61 bits per heavy atom. The predicted molar refractivity (Wildman–Crippen MR) is 91.7 cm³/mol. The van der Waals surface area contributed by atoms with E-state index in [2.05, 4.69) is 20.9 Å². The lowest BCUT2D eigenvalue weighted by Gasteiger charge is -2.10. The molecule has 0 aliphatic carbocycles. The van der Waals surface area contributed by atoms with Crippen LogP contribution in [0.3, 0.4) is 0 Å². The normalized spacial score (nSPS) is 10.7. The van der Waals surface area contributed by atoms with Crippen LogP contribution in [0.5, 0.6) is 0 Å². The molecule has 3 rings (SSSR count). The molecular formula is C18H15BrN2O2. The number of hydrogen-bond acceptors (Lipinski definition) is 2. The first-order valence-electron chi connectivity index (χ1n) is 7.19. The van der Waals surface area contributed by atoms with Gasteiger partial charge in [0.2, 0.25) is 0 Å². The molecule has 0 radical (unpaired) electrons. The van der Waals surface area contributed by atoms with Crippen LogP contribution >= 0.6 is 15.9 Å². The van der Waals surface area contributed by atoms with Crippen molar-refractivity contribution in [2.75, 3.05) is 0 Å². The van der Waals surface area contributed by atoms with Crippen molar-refractivity contribution in [1.82, 2.24) is 9.55 Å². The SMILES string of the molecule is O=C(O)c1ccccc1Cn1ccnc1Cc1ccc(Br)cc1. The minimum atomic E-state index is -0.907. The minimum Gasteiger partial charge on any atom is -0.478 e. The highest BCUT2D eigenvalue weighted by molar-refractivity contribution is 9.10. The van der Waals surface area contributed by atoms with Gasteiger partial charge in [0.1, 0.15) is 5.82 Å². The molecule has 0 amide bonds. The van der Waals surface area contributed by atoms with Gasteiger partial charge in [-0.25, -0.2) is 9.78 Å². The molecule has 0 aliphatic rings. The standard InChI is InChI=1S/C18H15BrN2O2/c19-15-7-5-13(6-8-15)11-17-20-9-10-21(17)12-14-3-1-2-4-16(14)18(22)23/h1-10H,11-12H2,(H,22,23). The minimum absolute atomic E-state index is 0.329. The van der Waals surface area contributed by atoms with Gasteiger partial charge in [0, 0.05) is 29.8 Å². The maximum Gasteiger partial charge on any atom is 0.336 e. The molecule has 0 fully saturated rings. The fourth-order valence-corrected chi connectivity index (χ4v) is 2.75. The van der Waals surface area contributed by atoms with Gasteiger partial charge in [-0.15, -0.1) is 0 Å². The van der Waals surface area contributed by atoms with Crippen LogP contribution in [0.15, 0.2) is 65.4 Å². The first kappa shape index (κ1) is 15.5. The first-order valence-corrected chi connectivity index (χ1v) is 7.98. The number of aromatic nitrogens is 2. The lowest BCUT2D eigenvalue weighted by molar-refractivity contribution is 0.0695. The van der Waals surface area contributed by atoms with Crippen LogP contribution in [0, 0.1) is 0 Å². The van der Waals surface area contributed by atoms with Crippen molar-refractivity contribution in [3.05, 3.63) is 87.9 Å². The van der Waals surface area contributed by atoms with Gasteiger partial charge in [-0.1, -0.05) is 46.3 Å². The Hall–Kier alpha value is -2.40. The summed E-state index contributed by atoms with van der Waals surface area (Å²) in [6, 6.07) is 15.2. The fraction of sp³-hybridized carbons (Fsp3) is 0.111. The Labute approximate surface area is 142 Å².